The highest BCUT2D eigenvalue weighted by molar-refractivity contribution is 6.31. The highest BCUT2D eigenvalue weighted by Gasteiger charge is 2.28. The first-order chi connectivity index (χ1) is 9.76. The molecule has 1 unspecified atom stereocenters. The van der Waals surface area contributed by atoms with Gasteiger partial charge in [-0.2, -0.15) is 0 Å². The molecule has 0 radical (unpaired) electrons. The average molecular weight is 295 g/mol. The van der Waals surface area contributed by atoms with Crippen LogP contribution in [0.15, 0.2) is 24.3 Å². The molecule has 2 rings (SSSR count). The number of hydrogen-bond donors (Lipinski definition) is 2. The predicted molar refractivity (Wildman–Crippen MR) is 86.5 cm³/mol. The van der Waals surface area contributed by atoms with E-state index in [1.54, 1.807) is 0 Å². The summed E-state index contributed by atoms with van der Waals surface area (Å²) in [4.78, 5) is 0. The van der Waals surface area contributed by atoms with Gasteiger partial charge < -0.3 is 0 Å². The molecule has 1 aromatic carbocycles. The van der Waals surface area contributed by atoms with Crippen LogP contribution in [0.25, 0.3) is 0 Å². The molecule has 0 bridgehead atoms. The van der Waals surface area contributed by atoms with Crippen LogP contribution in [0, 0.1) is 11.8 Å². The van der Waals surface area contributed by atoms with Gasteiger partial charge in [-0.1, -0.05) is 68.8 Å². The maximum atomic E-state index is 6.32. The van der Waals surface area contributed by atoms with E-state index in [-0.39, 0.29) is 6.04 Å². The van der Waals surface area contributed by atoms with Crippen molar-refractivity contribution in [3.05, 3.63) is 34.9 Å². The number of nitrogens with two attached hydrogens (primary N) is 1. The van der Waals surface area contributed by atoms with Gasteiger partial charge in [0.05, 0.1) is 6.04 Å². The molecule has 112 valence electrons. The average Bonchev–Trinajstić information content (AvgIpc) is 2.49. The molecule has 0 spiro atoms. The summed E-state index contributed by atoms with van der Waals surface area (Å²) >= 11 is 6.32. The lowest BCUT2D eigenvalue weighted by Crippen LogP contribution is -2.35. The Morgan fingerprint density at radius 3 is 2.55 bits per heavy atom. The second kappa shape index (κ2) is 8.02. The van der Waals surface area contributed by atoms with E-state index in [0.29, 0.717) is 5.92 Å². The van der Waals surface area contributed by atoms with Gasteiger partial charge in [-0.3, -0.25) is 11.3 Å². The molecule has 1 atom stereocenters. The lowest BCUT2D eigenvalue weighted by molar-refractivity contribution is 0.213. The van der Waals surface area contributed by atoms with Gasteiger partial charge in [0, 0.05) is 5.02 Å². The van der Waals surface area contributed by atoms with Crippen LogP contribution < -0.4 is 11.3 Å². The Morgan fingerprint density at radius 2 is 1.95 bits per heavy atom. The Morgan fingerprint density at radius 1 is 1.25 bits per heavy atom. The molecule has 20 heavy (non-hydrogen) atoms. The molecule has 0 aliphatic heterocycles. The molecule has 0 heterocycles. The number of hydrogen-bond acceptors (Lipinski definition) is 2. The lowest BCUT2D eigenvalue weighted by atomic mass is 9.75. The third kappa shape index (κ3) is 3.97. The highest BCUT2D eigenvalue weighted by Crippen LogP contribution is 2.39. The molecule has 1 aliphatic rings. The van der Waals surface area contributed by atoms with Crippen LogP contribution in [0.4, 0.5) is 0 Å². The Bertz CT molecular complexity index is 400. The van der Waals surface area contributed by atoms with E-state index in [4.69, 9.17) is 17.4 Å². The van der Waals surface area contributed by atoms with Gasteiger partial charge in [0.15, 0.2) is 0 Å². The third-order valence-corrected chi connectivity index (χ3v) is 5.09. The maximum absolute atomic E-state index is 6.32. The van der Waals surface area contributed by atoms with E-state index in [9.17, 15) is 0 Å². The van der Waals surface area contributed by atoms with Crippen molar-refractivity contribution in [1.29, 1.82) is 0 Å². The van der Waals surface area contributed by atoms with E-state index in [0.717, 1.165) is 16.5 Å². The summed E-state index contributed by atoms with van der Waals surface area (Å²) in [6, 6.07) is 8.25. The third-order valence-electron chi connectivity index (χ3n) is 4.75. The quantitative estimate of drug-likeness (QED) is 0.582. The minimum atomic E-state index is 0.191. The van der Waals surface area contributed by atoms with Gasteiger partial charge in [-0.05, 0) is 36.3 Å². The summed E-state index contributed by atoms with van der Waals surface area (Å²) in [6.07, 6.45) is 9.28. The van der Waals surface area contributed by atoms with Crippen molar-refractivity contribution in [3.63, 3.8) is 0 Å². The molecule has 0 saturated heterocycles. The van der Waals surface area contributed by atoms with Crippen molar-refractivity contribution >= 4 is 11.6 Å². The van der Waals surface area contributed by atoms with E-state index >= 15 is 0 Å². The van der Waals surface area contributed by atoms with Crippen molar-refractivity contribution < 1.29 is 0 Å². The molecule has 1 saturated carbocycles. The van der Waals surface area contributed by atoms with Gasteiger partial charge in [-0.25, -0.2) is 0 Å². The van der Waals surface area contributed by atoms with Gasteiger partial charge in [0.2, 0.25) is 0 Å². The van der Waals surface area contributed by atoms with Crippen molar-refractivity contribution in [2.24, 2.45) is 17.7 Å². The Labute approximate surface area is 128 Å². The minimum absolute atomic E-state index is 0.191. The second-order valence-electron chi connectivity index (χ2n) is 6.09. The Balaban J connectivity index is 1.95. The number of benzene rings is 1. The molecule has 3 heteroatoms. The smallest absolute Gasteiger partial charge is 0.0502 e. The van der Waals surface area contributed by atoms with Crippen LogP contribution in [0.3, 0.4) is 0 Å². The second-order valence-corrected chi connectivity index (χ2v) is 6.50. The summed E-state index contributed by atoms with van der Waals surface area (Å²) in [5.41, 5.74) is 4.15. The van der Waals surface area contributed by atoms with Gasteiger partial charge >= 0.3 is 0 Å². The van der Waals surface area contributed by atoms with Gasteiger partial charge in [0.25, 0.3) is 0 Å². The van der Waals surface area contributed by atoms with Crippen LogP contribution in [0.2, 0.25) is 5.02 Å². The van der Waals surface area contributed by atoms with Crippen molar-refractivity contribution in [2.45, 2.75) is 57.9 Å². The standard InChI is InChI=1S/C17H27ClN2/c1-2-3-6-13-9-11-14(12-10-13)17(20-19)15-7-4-5-8-16(15)18/h4-5,7-8,13-14,17,20H,2-3,6,9-12,19H2,1H3. The van der Waals surface area contributed by atoms with Gasteiger partial charge in [-0.15, -0.1) is 0 Å². The Hall–Kier alpha value is -0.570. The maximum Gasteiger partial charge on any atom is 0.0502 e. The molecule has 1 aliphatic carbocycles. The zero-order valence-corrected chi connectivity index (χ0v) is 13.2. The summed E-state index contributed by atoms with van der Waals surface area (Å²) in [6.45, 7) is 2.28. The first-order valence-corrected chi connectivity index (χ1v) is 8.34. The van der Waals surface area contributed by atoms with Crippen LogP contribution in [0.5, 0.6) is 0 Å². The molecule has 0 aromatic heterocycles. The molecular weight excluding hydrogens is 268 g/mol. The van der Waals surface area contributed by atoms with Crippen LogP contribution in [-0.4, -0.2) is 0 Å². The fourth-order valence-corrected chi connectivity index (χ4v) is 3.76. The van der Waals surface area contributed by atoms with Gasteiger partial charge in [0.1, 0.15) is 0 Å². The molecular formula is C17H27ClN2. The molecule has 2 nitrogen and oxygen atoms in total. The zero-order valence-electron chi connectivity index (χ0n) is 12.4. The van der Waals surface area contributed by atoms with Crippen LogP contribution >= 0.6 is 11.6 Å². The fraction of sp³-hybridized carbons (Fsp3) is 0.647. The summed E-state index contributed by atoms with van der Waals surface area (Å²) in [7, 11) is 0. The molecule has 3 N–H and O–H groups in total. The lowest BCUT2D eigenvalue weighted by Gasteiger charge is -2.34. The van der Waals surface area contributed by atoms with Crippen molar-refractivity contribution in [3.8, 4) is 0 Å². The monoisotopic (exact) mass is 294 g/mol. The minimum Gasteiger partial charge on any atom is -0.271 e. The molecule has 0 amide bonds. The van der Waals surface area contributed by atoms with Crippen LogP contribution in [0.1, 0.15) is 63.5 Å². The Kier molecular flexibility index (Phi) is 6.34. The van der Waals surface area contributed by atoms with E-state index in [2.05, 4.69) is 18.4 Å². The molecule has 1 aromatic rings. The normalized spacial score (nSPS) is 24.6. The van der Waals surface area contributed by atoms with E-state index in [1.165, 1.54) is 44.9 Å². The number of nitrogens with one attached hydrogen (secondary N) is 1. The highest BCUT2D eigenvalue weighted by atomic mass is 35.5. The first kappa shape index (κ1) is 15.8. The topological polar surface area (TPSA) is 38.0 Å². The number of hydrazine groups is 1. The summed E-state index contributed by atoms with van der Waals surface area (Å²) in [5.74, 6) is 7.35. The van der Waals surface area contributed by atoms with Crippen molar-refractivity contribution in [1.82, 2.24) is 5.43 Å². The first-order valence-electron chi connectivity index (χ1n) is 7.96. The summed E-state index contributed by atoms with van der Waals surface area (Å²) < 4.78 is 0. The largest absolute Gasteiger partial charge is 0.271 e. The van der Waals surface area contributed by atoms with E-state index in [1.807, 2.05) is 18.2 Å². The zero-order chi connectivity index (χ0) is 14.4. The van der Waals surface area contributed by atoms with Crippen LogP contribution in [-0.2, 0) is 0 Å². The number of halogens is 1. The number of unbranched alkanes of at least 4 members (excludes halogenated alkanes) is 1. The SMILES string of the molecule is CCCCC1CCC(C(NN)c2ccccc2Cl)CC1. The number of rotatable bonds is 6. The predicted octanol–water partition coefficient (Wildman–Crippen LogP) is 4.84. The molecule has 1 fully saturated rings. The van der Waals surface area contributed by atoms with E-state index < -0.39 is 0 Å². The fourth-order valence-electron chi connectivity index (χ4n) is 3.51. The summed E-state index contributed by atoms with van der Waals surface area (Å²) in [5, 5.41) is 0.823. The van der Waals surface area contributed by atoms with Crippen molar-refractivity contribution in [2.75, 3.05) is 0 Å².